The van der Waals surface area contributed by atoms with E-state index in [0.717, 1.165) is 20.5 Å². The SMILES string of the molecule is CC(C)c1cc(I)ccc1NC(=O)CSc1nnc(-c2ccccc2O)n1-c1ccccc1. The van der Waals surface area contributed by atoms with Crippen LogP contribution in [-0.4, -0.2) is 31.5 Å². The fraction of sp³-hybridized carbons (Fsp3) is 0.160. The van der Waals surface area contributed by atoms with Crippen molar-refractivity contribution in [1.29, 1.82) is 0 Å². The van der Waals surface area contributed by atoms with Gasteiger partial charge in [-0.1, -0.05) is 55.9 Å². The van der Waals surface area contributed by atoms with E-state index in [2.05, 4.69) is 58.0 Å². The number of phenols is 1. The number of anilines is 1. The third-order valence-electron chi connectivity index (χ3n) is 5.03. The fourth-order valence-electron chi connectivity index (χ4n) is 3.45. The molecule has 6 nitrogen and oxygen atoms in total. The van der Waals surface area contributed by atoms with E-state index in [-0.39, 0.29) is 17.4 Å². The summed E-state index contributed by atoms with van der Waals surface area (Å²) in [5.41, 5.74) is 3.36. The number of aromatic hydroxyl groups is 1. The van der Waals surface area contributed by atoms with Crippen LogP contribution in [0.25, 0.3) is 17.1 Å². The highest BCUT2D eigenvalue weighted by Crippen LogP contribution is 2.33. The number of hydrogen-bond donors (Lipinski definition) is 2. The smallest absolute Gasteiger partial charge is 0.234 e. The lowest BCUT2D eigenvalue weighted by Crippen LogP contribution is -2.16. The Morgan fingerprint density at radius 2 is 1.79 bits per heavy atom. The molecule has 4 aromatic rings. The molecule has 1 heterocycles. The Morgan fingerprint density at radius 1 is 1.06 bits per heavy atom. The van der Waals surface area contributed by atoms with Gasteiger partial charge in [0, 0.05) is 14.9 Å². The van der Waals surface area contributed by atoms with Gasteiger partial charge in [0.05, 0.1) is 11.3 Å². The number of hydrogen-bond acceptors (Lipinski definition) is 5. The topological polar surface area (TPSA) is 80.0 Å². The number of thioether (sulfide) groups is 1. The molecule has 0 radical (unpaired) electrons. The molecule has 3 aromatic carbocycles. The molecule has 168 valence electrons. The summed E-state index contributed by atoms with van der Waals surface area (Å²) in [5.74, 6) is 0.993. The second-order valence-corrected chi connectivity index (χ2v) is 9.91. The van der Waals surface area contributed by atoms with Crippen molar-refractivity contribution in [3.63, 3.8) is 0 Å². The molecule has 1 amide bonds. The molecule has 8 heteroatoms. The van der Waals surface area contributed by atoms with Crippen molar-refractivity contribution in [1.82, 2.24) is 14.8 Å². The lowest BCUT2D eigenvalue weighted by atomic mass is 10.0. The Morgan fingerprint density at radius 3 is 2.52 bits per heavy atom. The maximum atomic E-state index is 12.8. The average molecular weight is 570 g/mol. The highest BCUT2D eigenvalue weighted by molar-refractivity contribution is 14.1. The molecule has 0 saturated heterocycles. The molecule has 33 heavy (non-hydrogen) atoms. The van der Waals surface area contributed by atoms with Crippen molar-refractivity contribution in [2.75, 3.05) is 11.1 Å². The van der Waals surface area contributed by atoms with Gasteiger partial charge in [-0.15, -0.1) is 10.2 Å². The average Bonchev–Trinajstić information content (AvgIpc) is 3.23. The van der Waals surface area contributed by atoms with Crippen LogP contribution in [0.3, 0.4) is 0 Å². The lowest BCUT2D eigenvalue weighted by molar-refractivity contribution is -0.113. The van der Waals surface area contributed by atoms with E-state index in [1.807, 2.05) is 53.1 Å². The summed E-state index contributed by atoms with van der Waals surface area (Å²) < 4.78 is 2.99. The van der Waals surface area contributed by atoms with E-state index in [1.165, 1.54) is 11.8 Å². The molecule has 4 rings (SSSR count). The third kappa shape index (κ3) is 5.39. The molecule has 0 spiro atoms. The summed E-state index contributed by atoms with van der Waals surface area (Å²) in [4.78, 5) is 12.8. The number of halogens is 1. The van der Waals surface area contributed by atoms with Crippen molar-refractivity contribution in [3.05, 3.63) is 81.9 Å². The minimum absolute atomic E-state index is 0.116. The van der Waals surface area contributed by atoms with Gasteiger partial charge in [0.2, 0.25) is 5.91 Å². The second-order valence-electron chi connectivity index (χ2n) is 7.72. The highest BCUT2D eigenvalue weighted by Gasteiger charge is 2.19. The molecule has 2 N–H and O–H groups in total. The van der Waals surface area contributed by atoms with Crippen LogP contribution in [-0.2, 0) is 4.79 Å². The standard InChI is InChI=1S/C25H23IN4O2S/c1-16(2)20-14-17(26)12-13-21(20)27-23(32)15-33-25-29-28-24(19-10-6-7-11-22(19)31)30(25)18-8-4-3-5-9-18/h3-14,16,31H,15H2,1-2H3,(H,27,32). The predicted octanol–water partition coefficient (Wildman–Crippen LogP) is 6.10. The van der Waals surface area contributed by atoms with Crippen LogP contribution in [0.5, 0.6) is 5.75 Å². The number of nitrogens with one attached hydrogen (secondary N) is 1. The van der Waals surface area contributed by atoms with Crippen molar-refractivity contribution in [2.45, 2.75) is 24.9 Å². The summed E-state index contributed by atoms with van der Waals surface area (Å²) >= 11 is 3.58. The van der Waals surface area contributed by atoms with Gasteiger partial charge in [-0.25, -0.2) is 0 Å². The lowest BCUT2D eigenvalue weighted by Gasteiger charge is -2.14. The zero-order chi connectivity index (χ0) is 23.4. The Kier molecular flexibility index (Phi) is 7.34. The van der Waals surface area contributed by atoms with Crippen LogP contribution >= 0.6 is 34.4 Å². The summed E-state index contributed by atoms with van der Waals surface area (Å²) in [6, 6.07) is 22.7. The second kappa shape index (κ2) is 10.4. The van der Waals surface area contributed by atoms with Gasteiger partial charge >= 0.3 is 0 Å². The van der Waals surface area contributed by atoms with Crippen molar-refractivity contribution < 1.29 is 9.90 Å². The Balaban J connectivity index is 1.59. The monoisotopic (exact) mass is 570 g/mol. The fourth-order valence-corrected chi connectivity index (χ4v) is 4.72. The Labute approximate surface area is 210 Å². The first kappa shape index (κ1) is 23.3. The number of rotatable bonds is 7. The van der Waals surface area contributed by atoms with Crippen LogP contribution in [0.2, 0.25) is 0 Å². The number of para-hydroxylation sites is 2. The van der Waals surface area contributed by atoms with Gasteiger partial charge in [-0.3, -0.25) is 9.36 Å². The zero-order valence-corrected chi connectivity index (χ0v) is 21.2. The van der Waals surface area contributed by atoms with Gasteiger partial charge in [-0.05, 0) is 76.5 Å². The van der Waals surface area contributed by atoms with Crippen LogP contribution < -0.4 is 5.32 Å². The number of nitrogens with zero attached hydrogens (tertiary/aromatic N) is 3. The summed E-state index contributed by atoms with van der Waals surface area (Å²) in [5, 5.41) is 22.6. The Bertz CT molecular complexity index is 1270. The summed E-state index contributed by atoms with van der Waals surface area (Å²) in [6.07, 6.45) is 0. The van der Waals surface area contributed by atoms with Crippen LogP contribution in [0, 0.1) is 3.57 Å². The molecule has 0 bridgehead atoms. The minimum Gasteiger partial charge on any atom is -0.507 e. The summed E-state index contributed by atoms with van der Waals surface area (Å²) in [7, 11) is 0. The van der Waals surface area contributed by atoms with Crippen molar-refractivity contribution >= 4 is 45.9 Å². The van der Waals surface area contributed by atoms with Gasteiger partial charge < -0.3 is 10.4 Å². The van der Waals surface area contributed by atoms with E-state index in [1.54, 1.807) is 18.2 Å². The maximum Gasteiger partial charge on any atom is 0.234 e. The van der Waals surface area contributed by atoms with Gasteiger partial charge in [0.1, 0.15) is 5.75 Å². The van der Waals surface area contributed by atoms with Crippen LogP contribution in [0.15, 0.2) is 78.0 Å². The van der Waals surface area contributed by atoms with Crippen molar-refractivity contribution in [3.8, 4) is 22.8 Å². The number of aromatic nitrogens is 3. The molecule has 0 aliphatic carbocycles. The van der Waals surface area contributed by atoms with Crippen LogP contribution in [0.1, 0.15) is 25.3 Å². The molecule has 0 aliphatic heterocycles. The molecule has 0 atom stereocenters. The molecule has 1 aromatic heterocycles. The molecule has 0 fully saturated rings. The molecular weight excluding hydrogens is 547 g/mol. The Hall–Kier alpha value is -2.85. The highest BCUT2D eigenvalue weighted by atomic mass is 127. The third-order valence-corrected chi connectivity index (χ3v) is 6.63. The summed E-state index contributed by atoms with van der Waals surface area (Å²) in [6.45, 7) is 4.22. The first-order valence-electron chi connectivity index (χ1n) is 10.5. The zero-order valence-electron chi connectivity index (χ0n) is 18.2. The van der Waals surface area contributed by atoms with Gasteiger partial charge in [-0.2, -0.15) is 0 Å². The number of amides is 1. The number of benzene rings is 3. The van der Waals surface area contributed by atoms with E-state index in [9.17, 15) is 9.90 Å². The number of carbonyl (C=O) groups excluding carboxylic acids is 1. The predicted molar refractivity (Wildman–Crippen MR) is 141 cm³/mol. The normalized spacial score (nSPS) is 11.0. The van der Waals surface area contributed by atoms with Crippen LogP contribution in [0.4, 0.5) is 5.69 Å². The van der Waals surface area contributed by atoms with Crippen molar-refractivity contribution in [2.24, 2.45) is 0 Å². The number of carbonyl (C=O) groups is 1. The molecular formula is C25H23IN4O2S. The molecule has 0 unspecified atom stereocenters. The maximum absolute atomic E-state index is 12.8. The number of phenolic OH excluding ortho intramolecular Hbond substituents is 1. The van der Waals surface area contributed by atoms with E-state index < -0.39 is 0 Å². The quantitative estimate of drug-likeness (QED) is 0.208. The first-order chi connectivity index (χ1) is 15.9. The van der Waals surface area contributed by atoms with E-state index in [0.29, 0.717) is 22.5 Å². The molecule has 0 aliphatic rings. The van der Waals surface area contributed by atoms with Gasteiger partial charge in [0.15, 0.2) is 11.0 Å². The van der Waals surface area contributed by atoms with E-state index >= 15 is 0 Å². The first-order valence-corrected chi connectivity index (χ1v) is 12.5. The van der Waals surface area contributed by atoms with E-state index in [4.69, 9.17) is 0 Å². The molecule has 0 saturated carbocycles. The minimum atomic E-state index is -0.116. The largest absolute Gasteiger partial charge is 0.507 e. The van der Waals surface area contributed by atoms with Gasteiger partial charge in [0.25, 0.3) is 0 Å².